The largest absolute Gasteiger partial charge is 0.497 e. The highest BCUT2D eigenvalue weighted by Crippen LogP contribution is 2.29. The van der Waals surface area contributed by atoms with Gasteiger partial charge in [0.2, 0.25) is 0 Å². The van der Waals surface area contributed by atoms with Gasteiger partial charge in [-0.3, -0.25) is 0 Å². The van der Waals surface area contributed by atoms with Gasteiger partial charge < -0.3 is 9.47 Å². The summed E-state index contributed by atoms with van der Waals surface area (Å²) in [5.74, 6) is -0.0741. The summed E-state index contributed by atoms with van der Waals surface area (Å²) < 4.78 is 34.0. The number of benzene rings is 1. The molecule has 102 valence electrons. The van der Waals surface area contributed by atoms with Crippen LogP contribution in [0, 0.1) is 0 Å². The summed E-state index contributed by atoms with van der Waals surface area (Å²) in [6.45, 7) is 0. The van der Waals surface area contributed by atoms with Gasteiger partial charge in [-0.25, -0.2) is 13.2 Å². The number of esters is 1. The quantitative estimate of drug-likeness (QED) is 0.767. The third-order valence-corrected chi connectivity index (χ3v) is 4.75. The van der Waals surface area contributed by atoms with Gasteiger partial charge in [0.15, 0.2) is 9.84 Å². The molecular formula is C13H14O5S. The second-order valence-corrected chi connectivity index (χ2v) is 6.21. The highest BCUT2D eigenvalue weighted by molar-refractivity contribution is 7.91. The fourth-order valence-corrected chi connectivity index (χ4v) is 3.42. The molecule has 0 spiro atoms. The average Bonchev–Trinajstić information content (AvgIpc) is 2.54. The minimum atomic E-state index is -3.39. The molecule has 0 saturated carbocycles. The van der Waals surface area contributed by atoms with Crippen molar-refractivity contribution in [2.45, 2.75) is 11.3 Å². The van der Waals surface area contributed by atoms with Gasteiger partial charge in [-0.2, -0.15) is 0 Å². The van der Waals surface area contributed by atoms with E-state index >= 15 is 0 Å². The smallest absolute Gasteiger partial charge is 0.333 e. The Kier molecular flexibility index (Phi) is 3.61. The van der Waals surface area contributed by atoms with Gasteiger partial charge in [0.1, 0.15) is 5.75 Å². The van der Waals surface area contributed by atoms with Crippen LogP contribution in [-0.2, 0) is 19.4 Å². The molecule has 0 atom stereocenters. The fourth-order valence-electron chi connectivity index (χ4n) is 1.96. The highest BCUT2D eigenvalue weighted by Gasteiger charge is 2.25. The van der Waals surface area contributed by atoms with Gasteiger partial charge in [-0.1, -0.05) is 0 Å². The Balaban J connectivity index is 2.61. The maximum Gasteiger partial charge on any atom is 0.333 e. The van der Waals surface area contributed by atoms with E-state index in [9.17, 15) is 13.2 Å². The SMILES string of the molecule is COC(=O)C1=Cc2cc(OC)ccc2S(=O)(=O)CC1. The molecular weight excluding hydrogens is 268 g/mol. The van der Waals surface area contributed by atoms with E-state index in [0.29, 0.717) is 16.9 Å². The molecule has 0 unspecified atom stereocenters. The van der Waals surface area contributed by atoms with E-state index in [0.717, 1.165) is 0 Å². The Hall–Kier alpha value is -1.82. The van der Waals surface area contributed by atoms with E-state index in [-0.39, 0.29) is 17.1 Å². The summed E-state index contributed by atoms with van der Waals surface area (Å²) in [6.07, 6.45) is 1.69. The zero-order valence-corrected chi connectivity index (χ0v) is 11.5. The molecule has 0 bridgehead atoms. The van der Waals surface area contributed by atoms with Crippen molar-refractivity contribution in [1.82, 2.24) is 0 Å². The maximum absolute atomic E-state index is 12.1. The van der Waals surface area contributed by atoms with Crippen LogP contribution in [0.2, 0.25) is 0 Å². The van der Waals surface area contributed by atoms with Crippen LogP contribution in [-0.4, -0.2) is 34.4 Å². The molecule has 19 heavy (non-hydrogen) atoms. The van der Waals surface area contributed by atoms with Gasteiger partial charge >= 0.3 is 5.97 Å². The Morgan fingerprint density at radius 1 is 1.26 bits per heavy atom. The predicted octanol–water partition coefficient (Wildman–Crippen LogP) is 1.43. The van der Waals surface area contributed by atoms with Crippen LogP contribution in [0.25, 0.3) is 6.08 Å². The van der Waals surface area contributed by atoms with Crippen molar-refractivity contribution >= 4 is 21.9 Å². The lowest BCUT2D eigenvalue weighted by Gasteiger charge is -2.06. The second kappa shape index (κ2) is 5.05. The first-order valence-electron chi connectivity index (χ1n) is 5.67. The summed E-state index contributed by atoms with van der Waals surface area (Å²) in [5, 5.41) is 0. The molecule has 1 aliphatic heterocycles. The van der Waals surface area contributed by atoms with Crippen LogP contribution >= 0.6 is 0 Å². The normalized spacial score (nSPS) is 16.8. The summed E-state index contributed by atoms with van der Waals surface area (Å²) in [5.41, 5.74) is 0.801. The van der Waals surface area contributed by atoms with E-state index < -0.39 is 15.8 Å². The van der Waals surface area contributed by atoms with Gasteiger partial charge in [-0.15, -0.1) is 0 Å². The van der Waals surface area contributed by atoms with Crippen LogP contribution in [0.15, 0.2) is 28.7 Å². The second-order valence-electron chi connectivity index (χ2n) is 4.13. The lowest BCUT2D eigenvalue weighted by molar-refractivity contribution is -0.136. The van der Waals surface area contributed by atoms with E-state index in [2.05, 4.69) is 4.74 Å². The maximum atomic E-state index is 12.1. The molecule has 0 N–H and O–H groups in total. The van der Waals surface area contributed by atoms with Gasteiger partial charge in [0.25, 0.3) is 0 Å². The molecule has 0 saturated heterocycles. The van der Waals surface area contributed by atoms with E-state index in [1.807, 2.05) is 0 Å². The van der Waals surface area contributed by atoms with E-state index in [4.69, 9.17) is 4.74 Å². The minimum absolute atomic E-state index is 0.104. The molecule has 2 rings (SSSR count). The number of sulfone groups is 1. The van der Waals surface area contributed by atoms with Crippen LogP contribution in [0.3, 0.4) is 0 Å². The molecule has 1 aromatic rings. The number of rotatable bonds is 2. The number of carbonyl (C=O) groups excluding carboxylic acids is 1. The zero-order chi connectivity index (χ0) is 14.0. The predicted molar refractivity (Wildman–Crippen MR) is 69.7 cm³/mol. The molecule has 1 heterocycles. The molecule has 0 aliphatic carbocycles. The molecule has 0 fully saturated rings. The molecule has 5 nitrogen and oxygen atoms in total. The number of methoxy groups -OCH3 is 2. The van der Waals surface area contributed by atoms with Crippen molar-refractivity contribution in [3.05, 3.63) is 29.3 Å². The minimum Gasteiger partial charge on any atom is -0.497 e. The molecule has 1 aliphatic rings. The molecule has 0 amide bonds. The molecule has 6 heteroatoms. The third-order valence-electron chi connectivity index (χ3n) is 2.97. The van der Waals surface area contributed by atoms with Gasteiger partial charge in [0.05, 0.1) is 24.9 Å². The zero-order valence-electron chi connectivity index (χ0n) is 10.7. The van der Waals surface area contributed by atoms with Gasteiger partial charge in [-0.05, 0) is 36.3 Å². The van der Waals surface area contributed by atoms with Crippen molar-refractivity contribution in [3.63, 3.8) is 0 Å². The summed E-state index contributed by atoms with van der Waals surface area (Å²) in [4.78, 5) is 11.8. The number of hydrogen-bond donors (Lipinski definition) is 0. The summed E-state index contributed by atoms with van der Waals surface area (Å²) in [7, 11) is -0.623. The number of hydrogen-bond acceptors (Lipinski definition) is 5. The van der Waals surface area contributed by atoms with Crippen LogP contribution in [0.1, 0.15) is 12.0 Å². The molecule has 1 aromatic carbocycles. The van der Waals surface area contributed by atoms with Crippen LogP contribution in [0.5, 0.6) is 5.75 Å². The van der Waals surface area contributed by atoms with Crippen LogP contribution in [0.4, 0.5) is 0 Å². The average molecular weight is 282 g/mol. The van der Waals surface area contributed by atoms with Crippen molar-refractivity contribution in [2.24, 2.45) is 0 Å². The Morgan fingerprint density at radius 3 is 2.63 bits per heavy atom. The standard InChI is InChI=1S/C13H14O5S/c1-17-11-3-4-12-10(8-11)7-9(13(14)18-2)5-6-19(12,15)16/h3-4,7-8H,5-6H2,1-2H3. The van der Waals surface area contributed by atoms with E-state index in [1.165, 1.54) is 20.3 Å². The topological polar surface area (TPSA) is 69.7 Å². The molecule has 0 radical (unpaired) electrons. The van der Waals surface area contributed by atoms with Crippen molar-refractivity contribution in [3.8, 4) is 5.75 Å². The Morgan fingerprint density at radius 2 is 2.00 bits per heavy atom. The Bertz CT molecular complexity index is 643. The highest BCUT2D eigenvalue weighted by atomic mass is 32.2. The fraction of sp³-hybridized carbons (Fsp3) is 0.308. The first-order chi connectivity index (χ1) is 8.97. The summed E-state index contributed by atoms with van der Waals surface area (Å²) >= 11 is 0. The molecule has 0 aromatic heterocycles. The monoisotopic (exact) mass is 282 g/mol. The number of fused-ring (bicyclic) bond motifs is 1. The lowest BCUT2D eigenvalue weighted by Crippen LogP contribution is -2.09. The van der Waals surface area contributed by atoms with Crippen molar-refractivity contribution < 1.29 is 22.7 Å². The third kappa shape index (κ3) is 2.63. The first kappa shape index (κ1) is 13.6. The van der Waals surface area contributed by atoms with Crippen molar-refractivity contribution in [2.75, 3.05) is 20.0 Å². The summed E-state index contributed by atoms with van der Waals surface area (Å²) in [6, 6.07) is 4.69. The Labute approximate surface area is 111 Å². The van der Waals surface area contributed by atoms with E-state index in [1.54, 1.807) is 18.2 Å². The van der Waals surface area contributed by atoms with Gasteiger partial charge in [0, 0.05) is 5.57 Å². The van der Waals surface area contributed by atoms with Crippen molar-refractivity contribution in [1.29, 1.82) is 0 Å². The lowest BCUT2D eigenvalue weighted by atomic mass is 10.1. The first-order valence-corrected chi connectivity index (χ1v) is 7.33. The number of carbonyl (C=O) groups is 1. The van der Waals surface area contributed by atoms with Crippen LogP contribution < -0.4 is 4.74 Å². The number of ether oxygens (including phenoxy) is 2.